The lowest BCUT2D eigenvalue weighted by atomic mass is 10.0. The lowest BCUT2D eigenvalue weighted by molar-refractivity contribution is -0.139. The molecule has 6 heteroatoms. The van der Waals surface area contributed by atoms with Crippen LogP contribution in [0.25, 0.3) is 0 Å². The largest absolute Gasteiger partial charge is 0.416 e. The van der Waals surface area contributed by atoms with Gasteiger partial charge >= 0.3 is 6.18 Å². The summed E-state index contributed by atoms with van der Waals surface area (Å²) in [6, 6.07) is 3.56. The van der Waals surface area contributed by atoms with Crippen LogP contribution in [0.3, 0.4) is 0 Å². The first kappa shape index (κ1) is 12.8. The molecule has 1 rings (SSSR count). The van der Waals surface area contributed by atoms with Crippen molar-refractivity contribution in [1.29, 1.82) is 0 Å². The third-order valence-corrected chi connectivity index (χ3v) is 2.61. The number of benzene rings is 1. The highest BCUT2D eigenvalue weighted by molar-refractivity contribution is 9.10. The Bertz CT molecular complexity index is 354. The molecule has 0 aliphatic carbocycles. The summed E-state index contributed by atoms with van der Waals surface area (Å²) in [5.74, 6) is -0.273. The van der Waals surface area contributed by atoms with E-state index in [9.17, 15) is 18.3 Å². The first-order valence-electron chi connectivity index (χ1n) is 3.97. The average Bonchev–Trinajstić information content (AvgIpc) is 2.15. The summed E-state index contributed by atoms with van der Waals surface area (Å²) >= 11 is 8.26. The molecule has 0 heterocycles. The maximum atomic E-state index is 12.6. The van der Waals surface area contributed by atoms with E-state index >= 15 is 0 Å². The number of rotatable bonds is 2. The van der Waals surface area contributed by atoms with Crippen LogP contribution >= 0.6 is 27.5 Å². The van der Waals surface area contributed by atoms with Gasteiger partial charge in [-0.2, -0.15) is 13.2 Å². The highest BCUT2D eigenvalue weighted by Gasteiger charge is 2.34. The van der Waals surface area contributed by atoms with Crippen LogP contribution in [0.1, 0.15) is 17.2 Å². The van der Waals surface area contributed by atoms with Gasteiger partial charge in [0.25, 0.3) is 0 Å². The topological polar surface area (TPSA) is 20.2 Å². The van der Waals surface area contributed by atoms with Gasteiger partial charge in [-0.3, -0.25) is 0 Å². The molecule has 0 aliphatic rings. The standard InChI is InChI=1S/C9H7BrClF3O/c10-5-1-2-6(8(15)4-11)7(3-5)9(12,13)14/h1-3,8,15H,4H2/t8-/m1/s1. The summed E-state index contributed by atoms with van der Waals surface area (Å²) in [5.41, 5.74) is -1.08. The van der Waals surface area contributed by atoms with E-state index in [4.69, 9.17) is 11.6 Å². The normalized spacial score (nSPS) is 14.0. The molecule has 0 aromatic heterocycles. The number of aliphatic hydroxyl groups is 1. The van der Waals surface area contributed by atoms with Crippen molar-refractivity contribution in [2.75, 3.05) is 5.88 Å². The molecule has 0 aliphatic heterocycles. The maximum absolute atomic E-state index is 12.6. The Morgan fingerprint density at radius 1 is 1.40 bits per heavy atom. The highest BCUT2D eigenvalue weighted by Crippen LogP contribution is 2.36. The molecule has 1 atom stereocenters. The molecule has 0 saturated carbocycles. The molecule has 0 amide bonds. The highest BCUT2D eigenvalue weighted by atomic mass is 79.9. The van der Waals surface area contributed by atoms with Crippen LogP contribution < -0.4 is 0 Å². The van der Waals surface area contributed by atoms with Gasteiger partial charge in [-0.05, 0) is 17.7 Å². The van der Waals surface area contributed by atoms with E-state index in [0.717, 1.165) is 6.07 Å². The van der Waals surface area contributed by atoms with Crippen LogP contribution in [0.2, 0.25) is 0 Å². The molecule has 0 unspecified atom stereocenters. The average molecular weight is 304 g/mol. The van der Waals surface area contributed by atoms with Crippen molar-refractivity contribution in [2.24, 2.45) is 0 Å². The summed E-state index contributed by atoms with van der Waals surface area (Å²) in [4.78, 5) is 0. The van der Waals surface area contributed by atoms with Gasteiger partial charge in [-0.1, -0.05) is 22.0 Å². The zero-order valence-electron chi connectivity index (χ0n) is 7.35. The van der Waals surface area contributed by atoms with E-state index < -0.39 is 17.8 Å². The number of hydrogen-bond donors (Lipinski definition) is 1. The van der Waals surface area contributed by atoms with Crippen LogP contribution in [0, 0.1) is 0 Å². The van der Waals surface area contributed by atoms with Gasteiger partial charge in [0.05, 0.1) is 17.5 Å². The Morgan fingerprint density at radius 3 is 2.47 bits per heavy atom. The van der Waals surface area contributed by atoms with E-state index in [0.29, 0.717) is 4.47 Å². The van der Waals surface area contributed by atoms with Crippen LogP contribution in [0.15, 0.2) is 22.7 Å². The van der Waals surface area contributed by atoms with E-state index in [1.807, 2.05) is 0 Å². The Morgan fingerprint density at radius 2 is 2.00 bits per heavy atom. The van der Waals surface area contributed by atoms with Crippen molar-refractivity contribution in [1.82, 2.24) is 0 Å². The third-order valence-electron chi connectivity index (χ3n) is 1.83. The van der Waals surface area contributed by atoms with Crippen LogP contribution in [-0.4, -0.2) is 11.0 Å². The Hall–Kier alpha value is -0.260. The summed E-state index contributed by atoms with van der Waals surface area (Å²) < 4.78 is 38.0. The minimum atomic E-state index is -4.49. The monoisotopic (exact) mass is 302 g/mol. The molecule has 1 aromatic carbocycles. The zero-order chi connectivity index (χ0) is 11.6. The Balaban J connectivity index is 3.27. The van der Waals surface area contributed by atoms with Crippen molar-refractivity contribution in [3.8, 4) is 0 Å². The van der Waals surface area contributed by atoms with Crippen LogP contribution in [-0.2, 0) is 6.18 Å². The van der Waals surface area contributed by atoms with Gasteiger partial charge in [0.2, 0.25) is 0 Å². The summed E-state index contributed by atoms with van der Waals surface area (Å²) in [5, 5.41) is 9.32. The van der Waals surface area contributed by atoms with Crippen LogP contribution in [0.4, 0.5) is 13.2 Å². The molecule has 0 spiro atoms. The number of hydrogen-bond acceptors (Lipinski definition) is 1. The smallest absolute Gasteiger partial charge is 0.387 e. The fraction of sp³-hybridized carbons (Fsp3) is 0.333. The van der Waals surface area contributed by atoms with Crippen molar-refractivity contribution in [3.63, 3.8) is 0 Å². The Labute approximate surface area is 98.0 Å². The molecule has 1 nitrogen and oxygen atoms in total. The second-order valence-electron chi connectivity index (χ2n) is 2.90. The SMILES string of the molecule is O[C@H](CCl)c1ccc(Br)cc1C(F)(F)F. The molecular formula is C9H7BrClF3O. The quantitative estimate of drug-likeness (QED) is 0.825. The van der Waals surface area contributed by atoms with Gasteiger partial charge in [0.15, 0.2) is 0 Å². The molecule has 15 heavy (non-hydrogen) atoms. The van der Waals surface area contributed by atoms with Crippen molar-refractivity contribution in [3.05, 3.63) is 33.8 Å². The van der Waals surface area contributed by atoms with Gasteiger partial charge in [0, 0.05) is 4.47 Å². The minimum absolute atomic E-state index is 0.208. The van der Waals surface area contributed by atoms with Gasteiger partial charge in [-0.25, -0.2) is 0 Å². The molecule has 1 aromatic rings. The number of halogens is 5. The second kappa shape index (κ2) is 4.72. The van der Waals surface area contributed by atoms with E-state index in [1.165, 1.54) is 12.1 Å². The fourth-order valence-electron chi connectivity index (χ4n) is 1.15. The number of aliphatic hydroxyl groups excluding tert-OH is 1. The van der Waals surface area contributed by atoms with E-state index in [-0.39, 0.29) is 11.4 Å². The predicted octanol–water partition coefficient (Wildman–Crippen LogP) is 3.74. The molecule has 0 saturated heterocycles. The molecular weight excluding hydrogens is 296 g/mol. The van der Waals surface area contributed by atoms with Crippen molar-refractivity contribution < 1.29 is 18.3 Å². The second-order valence-corrected chi connectivity index (χ2v) is 4.12. The minimum Gasteiger partial charge on any atom is -0.387 e. The third kappa shape index (κ3) is 3.09. The van der Waals surface area contributed by atoms with Crippen LogP contribution in [0.5, 0.6) is 0 Å². The van der Waals surface area contributed by atoms with Crippen molar-refractivity contribution in [2.45, 2.75) is 12.3 Å². The molecule has 84 valence electrons. The first-order valence-corrected chi connectivity index (χ1v) is 5.29. The lowest BCUT2D eigenvalue weighted by Crippen LogP contribution is -2.12. The summed E-state index contributed by atoms with van der Waals surface area (Å²) in [6.45, 7) is 0. The zero-order valence-corrected chi connectivity index (χ0v) is 9.70. The molecule has 0 bridgehead atoms. The van der Waals surface area contributed by atoms with Gasteiger partial charge < -0.3 is 5.11 Å². The van der Waals surface area contributed by atoms with E-state index in [1.54, 1.807) is 0 Å². The fourth-order valence-corrected chi connectivity index (χ4v) is 1.68. The number of alkyl halides is 4. The first-order chi connectivity index (χ1) is 6.86. The molecule has 0 radical (unpaired) electrons. The summed E-state index contributed by atoms with van der Waals surface area (Å²) in [7, 11) is 0. The molecule has 1 N–H and O–H groups in total. The maximum Gasteiger partial charge on any atom is 0.416 e. The Kier molecular flexibility index (Phi) is 4.03. The van der Waals surface area contributed by atoms with Gasteiger partial charge in [-0.15, -0.1) is 11.6 Å². The van der Waals surface area contributed by atoms with E-state index in [2.05, 4.69) is 15.9 Å². The van der Waals surface area contributed by atoms with Crippen molar-refractivity contribution >= 4 is 27.5 Å². The predicted molar refractivity (Wildman–Crippen MR) is 54.8 cm³/mol. The van der Waals surface area contributed by atoms with Gasteiger partial charge in [0.1, 0.15) is 0 Å². The summed E-state index contributed by atoms with van der Waals surface area (Å²) in [6.07, 6.45) is -5.80. The lowest BCUT2D eigenvalue weighted by Gasteiger charge is -2.16. The molecule has 0 fully saturated rings.